The maximum absolute atomic E-state index is 13.4. The number of carbonyl (C=O) groups excluding carboxylic acids is 1. The molecule has 0 saturated heterocycles. The SMILES string of the molecule is Cc1cccc(NC(=O)NCCCN(c2ccc(F)cc2)S(=O)(=O)c2ccc(Cl)cc2)c1. The molecule has 2 amide bonds. The van der Waals surface area contributed by atoms with Crippen LogP contribution in [0.25, 0.3) is 0 Å². The van der Waals surface area contributed by atoms with Gasteiger partial charge in [0.1, 0.15) is 5.82 Å². The van der Waals surface area contributed by atoms with E-state index in [1.165, 1.54) is 52.8 Å². The number of nitrogens with zero attached hydrogens (tertiary/aromatic N) is 1. The Balaban J connectivity index is 1.67. The maximum atomic E-state index is 13.4. The Morgan fingerprint density at radius 3 is 2.38 bits per heavy atom. The number of anilines is 2. The second-order valence-corrected chi connectivity index (χ2v) is 9.41. The lowest BCUT2D eigenvalue weighted by molar-refractivity contribution is 0.252. The first-order valence-corrected chi connectivity index (χ1v) is 11.7. The van der Waals surface area contributed by atoms with Gasteiger partial charge >= 0.3 is 6.03 Å². The van der Waals surface area contributed by atoms with Crippen molar-refractivity contribution in [1.29, 1.82) is 0 Å². The van der Waals surface area contributed by atoms with Crippen molar-refractivity contribution in [2.75, 3.05) is 22.7 Å². The number of nitrogens with one attached hydrogen (secondary N) is 2. The molecule has 0 bridgehead atoms. The lowest BCUT2D eigenvalue weighted by atomic mass is 10.2. The van der Waals surface area contributed by atoms with Gasteiger partial charge in [-0.25, -0.2) is 17.6 Å². The Hall–Kier alpha value is -3.10. The molecule has 32 heavy (non-hydrogen) atoms. The predicted molar refractivity (Wildman–Crippen MR) is 125 cm³/mol. The van der Waals surface area contributed by atoms with Crippen molar-refractivity contribution in [3.8, 4) is 0 Å². The minimum Gasteiger partial charge on any atom is -0.338 e. The molecule has 2 N–H and O–H groups in total. The molecule has 0 unspecified atom stereocenters. The van der Waals surface area contributed by atoms with Gasteiger partial charge in [-0.15, -0.1) is 0 Å². The highest BCUT2D eigenvalue weighted by atomic mass is 35.5. The van der Waals surface area contributed by atoms with Crippen LogP contribution in [0.1, 0.15) is 12.0 Å². The Kier molecular flexibility index (Phi) is 7.71. The summed E-state index contributed by atoms with van der Waals surface area (Å²) in [6, 6.07) is 18.0. The van der Waals surface area contributed by atoms with E-state index in [4.69, 9.17) is 11.6 Å². The predicted octanol–water partition coefficient (Wildman–Crippen LogP) is 5.19. The summed E-state index contributed by atoms with van der Waals surface area (Å²) in [6.45, 7) is 2.25. The standard InChI is InChI=1S/C23H23ClFN3O3S/c1-17-4-2-5-20(16-17)27-23(29)26-14-3-15-28(21-10-8-19(25)9-11-21)32(30,31)22-12-6-18(24)7-13-22/h2,4-13,16H,3,14-15H2,1H3,(H2,26,27,29). The molecule has 0 fully saturated rings. The van der Waals surface area contributed by atoms with Crippen molar-refractivity contribution >= 4 is 39.0 Å². The van der Waals surface area contributed by atoms with Crippen LogP contribution in [0, 0.1) is 12.7 Å². The number of benzene rings is 3. The number of aryl methyl sites for hydroxylation is 1. The quantitative estimate of drug-likeness (QED) is 0.440. The summed E-state index contributed by atoms with van der Waals surface area (Å²) in [6.07, 6.45) is 0.339. The number of rotatable bonds is 8. The smallest absolute Gasteiger partial charge is 0.319 e. The van der Waals surface area contributed by atoms with Gasteiger partial charge in [0.05, 0.1) is 10.6 Å². The van der Waals surface area contributed by atoms with E-state index < -0.39 is 15.8 Å². The number of hydrogen-bond donors (Lipinski definition) is 2. The van der Waals surface area contributed by atoms with Gasteiger partial charge in [-0.1, -0.05) is 23.7 Å². The van der Waals surface area contributed by atoms with Crippen LogP contribution in [0.2, 0.25) is 5.02 Å². The third-order valence-corrected chi connectivity index (χ3v) is 6.71. The largest absolute Gasteiger partial charge is 0.338 e. The van der Waals surface area contributed by atoms with Crippen molar-refractivity contribution in [2.45, 2.75) is 18.2 Å². The molecule has 0 aliphatic rings. The fraction of sp³-hybridized carbons (Fsp3) is 0.174. The second-order valence-electron chi connectivity index (χ2n) is 7.11. The summed E-state index contributed by atoms with van der Waals surface area (Å²) < 4.78 is 41.0. The molecule has 0 aromatic heterocycles. The average Bonchev–Trinajstić information content (AvgIpc) is 2.75. The van der Waals surface area contributed by atoms with E-state index in [9.17, 15) is 17.6 Å². The Bertz CT molecular complexity index is 1170. The maximum Gasteiger partial charge on any atom is 0.319 e. The molecule has 0 saturated carbocycles. The monoisotopic (exact) mass is 475 g/mol. The first-order chi connectivity index (χ1) is 15.3. The first kappa shape index (κ1) is 23.6. The molecule has 0 aliphatic heterocycles. The van der Waals surface area contributed by atoms with E-state index in [0.717, 1.165) is 5.56 Å². The molecule has 0 radical (unpaired) electrons. The lowest BCUT2D eigenvalue weighted by Crippen LogP contribution is -2.35. The van der Waals surface area contributed by atoms with Crippen molar-refractivity contribution < 1.29 is 17.6 Å². The number of urea groups is 1. The Morgan fingerprint density at radius 2 is 1.72 bits per heavy atom. The minimum absolute atomic E-state index is 0.0661. The van der Waals surface area contributed by atoms with Crippen LogP contribution in [0.4, 0.5) is 20.6 Å². The van der Waals surface area contributed by atoms with E-state index >= 15 is 0 Å². The zero-order valence-corrected chi connectivity index (χ0v) is 19.0. The summed E-state index contributed by atoms with van der Waals surface area (Å²) in [4.78, 5) is 12.2. The van der Waals surface area contributed by atoms with Crippen LogP contribution in [-0.2, 0) is 10.0 Å². The zero-order chi connectivity index (χ0) is 23.1. The highest BCUT2D eigenvalue weighted by Crippen LogP contribution is 2.25. The average molecular weight is 476 g/mol. The van der Waals surface area contributed by atoms with Gasteiger partial charge in [0.2, 0.25) is 0 Å². The number of hydrogen-bond acceptors (Lipinski definition) is 3. The van der Waals surface area contributed by atoms with Gasteiger partial charge in [0.15, 0.2) is 0 Å². The van der Waals surface area contributed by atoms with Crippen LogP contribution < -0.4 is 14.9 Å². The Morgan fingerprint density at radius 1 is 1.03 bits per heavy atom. The Labute approximate surface area is 192 Å². The van der Waals surface area contributed by atoms with Crippen molar-refractivity contribution in [3.63, 3.8) is 0 Å². The number of halogens is 2. The molecule has 0 atom stereocenters. The molecule has 3 rings (SSSR count). The fourth-order valence-corrected chi connectivity index (χ4v) is 4.68. The van der Waals surface area contributed by atoms with E-state index in [0.29, 0.717) is 22.8 Å². The van der Waals surface area contributed by atoms with Crippen molar-refractivity contribution in [1.82, 2.24) is 5.32 Å². The molecule has 0 aliphatic carbocycles. The van der Waals surface area contributed by atoms with E-state index in [-0.39, 0.29) is 24.0 Å². The van der Waals surface area contributed by atoms with E-state index in [1.54, 1.807) is 6.07 Å². The van der Waals surface area contributed by atoms with Gasteiger partial charge in [-0.2, -0.15) is 0 Å². The fourth-order valence-electron chi connectivity index (χ4n) is 3.05. The van der Waals surface area contributed by atoms with Crippen molar-refractivity contribution in [3.05, 3.63) is 89.2 Å². The highest BCUT2D eigenvalue weighted by Gasteiger charge is 2.24. The van der Waals surface area contributed by atoms with Crippen molar-refractivity contribution in [2.24, 2.45) is 0 Å². The number of carbonyl (C=O) groups is 1. The van der Waals surface area contributed by atoms with Gasteiger partial charge in [-0.3, -0.25) is 4.31 Å². The van der Waals surface area contributed by atoms with Gasteiger partial charge in [0.25, 0.3) is 10.0 Å². The van der Waals surface area contributed by atoms with Crippen LogP contribution >= 0.6 is 11.6 Å². The molecule has 168 valence electrons. The van der Waals surface area contributed by atoms with Gasteiger partial charge in [-0.05, 0) is 79.6 Å². The topological polar surface area (TPSA) is 78.5 Å². The molecule has 6 nitrogen and oxygen atoms in total. The third-order valence-electron chi connectivity index (χ3n) is 4.62. The highest BCUT2D eigenvalue weighted by molar-refractivity contribution is 7.92. The van der Waals surface area contributed by atoms with Crippen LogP contribution in [0.3, 0.4) is 0 Å². The lowest BCUT2D eigenvalue weighted by Gasteiger charge is -2.24. The summed E-state index contributed by atoms with van der Waals surface area (Å²) in [5, 5.41) is 5.87. The summed E-state index contributed by atoms with van der Waals surface area (Å²) in [5.74, 6) is -0.466. The van der Waals surface area contributed by atoms with Gasteiger partial charge in [0, 0.05) is 23.8 Å². The molecule has 9 heteroatoms. The number of sulfonamides is 1. The normalized spacial score (nSPS) is 11.1. The van der Waals surface area contributed by atoms with Crippen LogP contribution in [-0.4, -0.2) is 27.5 Å². The van der Waals surface area contributed by atoms with Crippen LogP contribution in [0.15, 0.2) is 77.7 Å². The molecule has 3 aromatic carbocycles. The summed E-state index contributed by atoms with van der Waals surface area (Å²) in [5.41, 5.74) is 2.01. The van der Waals surface area contributed by atoms with E-state index in [1.807, 2.05) is 25.1 Å². The molecular weight excluding hydrogens is 453 g/mol. The van der Waals surface area contributed by atoms with Crippen LogP contribution in [0.5, 0.6) is 0 Å². The third kappa shape index (κ3) is 6.21. The first-order valence-electron chi connectivity index (χ1n) is 9.91. The zero-order valence-electron chi connectivity index (χ0n) is 17.4. The van der Waals surface area contributed by atoms with Gasteiger partial charge < -0.3 is 10.6 Å². The minimum atomic E-state index is -3.91. The van der Waals surface area contributed by atoms with E-state index in [2.05, 4.69) is 10.6 Å². The molecular formula is C23H23ClFN3O3S. The summed E-state index contributed by atoms with van der Waals surface area (Å²) in [7, 11) is -3.91. The molecule has 0 spiro atoms. The molecule has 0 heterocycles. The number of amides is 2. The second kappa shape index (κ2) is 10.5. The summed E-state index contributed by atoms with van der Waals surface area (Å²) >= 11 is 5.88. The molecule has 3 aromatic rings.